The fourth-order valence-corrected chi connectivity index (χ4v) is 4.08. The van der Waals surface area contributed by atoms with Crippen LogP contribution in [0.15, 0.2) is 48.5 Å². The lowest BCUT2D eigenvalue weighted by Crippen LogP contribution is -2.50. The summed E-state index contributed by atoms with van der Waals surface area (Å²) in [5.74, 6) is 1.87. The van der Waals surface area contributed by atoms with Crippen molar-refractivity contribution < 1.29 is 13.9 Å². The van der Waals surface area contributed by atoms with Gasteiger partial charge in [-0.3, -0.25) is 0 Å². The Morgan fingerprint density at radius 1 is 1.03 bits per heavy atom. The van der Waals surface area contributed by atoms with Crippen LogP contribution in [0, 0.1) is 19.7 Å². The molecule has 0 unspecified atom stereocenters. The second-order valence-corrected chi connectivity index (χ2v) is 8.03. The van der Waals surface area contributed by atoms with Crippen molar-refractivity contribution in [3.05, 3.63) is 77.0 Å². The summed E-state index contributed by atoms with van der Waals surface area (Å²) in [7, 11) is 1.58. The van der Waals surface area contributed by atoms with E-state index in [1.54, 1.807) is 24.1 Å². The lowest BCUT2D eigenvalue weighted by Gasteiger charge is -2.36. The van der Waals surface area contributed by atoms with Crippen LogP contribution in [0.5, 0.6) is 5.75 Å². The SMILES string of the molecule is COc1ccccc1NC(=O)N1CCN(c2nc(C)nc(C)c2Cc2ccccc2F)CC1. The number of anilines is 2. The predicted octanol–water partition coefficient (Wildman–Crippen LogP) is 4.19. The molecule has 0 bridgehead atoms. The highest BCUT2D eigenvalue weighted by atomic mass is 19.1. The highest BCUT2D eigenvalue weighted by Crippen LogP contribution is 2.27. The molecule has 0 saturated carbocycles. The molecule has 0 aliphatic carbocycles. The minimum absolute atomic E-state index is 0.166. The number of aryl methyl sites for hydroxylation is 2. The second-order valence-electron chi connectivity index (χ2n) is 8.03. The first-order valence-electron chi connectivity index (χ1n) is 11.0. The molecule has 1 aliphatic heterocycles. The molecule has 172 valence electrons. The van der Waals surface area contributed by atoms with Crippen molar-refractivity contribution in [2.45, 2.75) is 20.3 Å². The van der Waals surface area contributed by atoms with Gasteiger partial charge in [0, 0.05) is 43.9 Å². The average molecular weight is 450 g/mol. The van der Waals surface area contributed by atoms with E-state index in [-0.39, 0.29) is 11.8 Å². The van der Waals surface area contributed by atoms with E-state index in [1.165, 1.54) is 6.07 Å². The number of halogens is 1. The van der Waals surface area contributed by atoms with Gasteiger partial charge in [0.2, 0.25) is 0 Å². The Kier molecular flexibility index (Phi) is 6.72. The number of methoxy groups -OCH3 is 1. The molecule has 33 heavy (non-hydrogen) atoms. The van der Waals surface area contributed by atoms with Crippen LogP contribution in [0.1, 0.15) is 22.6 Å². The highest BCUT2D eigenvalue weighted by Gasteiger charge is 2.25. The summed E-state index contributed by atoms with van der Waals surface area (Å²) >= 11 is 0. The molecule has 4 rings (SSSR count). The van der Waals surface area contributed by atoms with Crippen LogP contribution in [0.2, 0.25) is 0 Å². The number of para-hydroxylation sites is 2. The highest BCUT2D eigenvalue weighted by molar-refractivity contribution is 5.91. The number of aromatic nitrogens is 2. The zero-order chi connectivity index (χ0) is 23.4. The summed E-state index contributed by atoms with van der Waals surface area (Å²) in [6.07, 6.45) is 0.419. The van der Waals surface area contributed by atoms with Crippen molar-refractivity contribution in [1.29, 1.82) is 0 Å². The van der Waals surface area contributed by atoms with Crippen LogP contribution in [-0.2, 0) is 6.42 Å². The minimum atomic E-state index is -0.235. The van der Waals surface area contributed by atoms with Crippen molar-refractivity contribution >= 4 is 17.5 Å². The average Bonchev–Trinajstić information content (AvgIpc) is 2.82. The molecule has 8 heteroatoms. The molecule has 1 aromatic heterocycles. The van der Waals surface area contributed by atoms with E-state index < -0.39 is 0 Å². The minimum Gasteiger partial charge on any atom is -0.495 e. The molecular weight excluding hydrogens is 421 g/mol. The maximum absolute atomic E-state index is 14.3. The Morgan fingerprint density at radius 3 is 2.45 bits per heavy atom. The number of hydrogen-bond donors (Lipinski definition) is 1. The molecular formula is C25H28FN5O2. The first kappa shape index (κ1) is 22.5. The van der Waals surface area contributed by atoms with Crippen LogP contribution in [-0.4, -0.2) is 54.2 Å². The summed E-state index contributed by atoms with van der Waals surface area (Å²) in [4.78, 5) is 26.0. The van der Waals surface area contributed by atoms with E-state index in [0.29, 0.717) is 55.4 Å². The van der Waals surface area contributed by atoms with Gasteiger partial charge in [-0.15, -0.1) is 0 Å². The summed E-state index contributed by atoms with van der Waals surface area (Å²) in [5.41, 5.74) is 3.01. The van der Waals surface area contributed by atoms with Crippen LogP contribution in [0.4, 0.5) is 20.7 Å². The second kappa shape index (κ2) is 9.85. The first-order valence-corrected chi connectivity index (χ1v) is 11.0. The summed E-state index contributed by atoms with van der Waals surface area (Å²) in [6, 6.07) is 14.0. The van der Waals surface area contributed by atoms with Gasteiger partial charge in [-0.2, -0.15) is 0 Å². The molecule has 2 amide bonds. The molecule has 2 heterocycles. The zero-order valence-corrected chi connectivity index (χ0v) is 19.1. The lowest BCUT2D eigenvalue weighted by atomic mass is 10.0. The Labute approximate surface area is 193 Å². The monoisotopic (exact) mass is 449 g/mol. The number of amides is 2. The van der Waals surface area contributed by atoms with Crippen LogP contribution < -0.4 is 15.0 Å². The Bertz CT molecular complexity index is 1150. The molecule has 0 spiro atoms. The van der Waals surface area contributed by atoms with Crippen LogP contribution in [0.3, 0.4) is 0 Å². The van der Waals surface area contributed by atoms with Gasteiger partial charge in [0.1, 0.15) is 23.2 Å². The van der Waals surface area contributed by atoms with E-state index in [9.17, 15) is 9.18 Å². The maximum Gasteiger partial charge on any atom is 0.322 e. The van der Waals surface area contributed by atoms with E-state index in [1.807, 2.05) is 44.2 Å². The number of carbonyl (C=O) groups excluding carboxylic acids is 1. The third-order valence-corrected chi connectivity index (χ3v) is 5.84. The molecule has 1 aliphatic rings. The van der Waals surface area contributed by atoms with Crippen molar-refractivity contribution in [1.82, 2.24) is 14.9 Å². The van der Waals surface area contributed by atoms with Gasteiger partial charge in [0.15, 0.2) is 0 Å². The normalized spacial score (nSPS) is 13.7. The number of carbonyl (C=O) groups is 1. The Morgan fingerprint density at radius 2 is 1.73 bits per heavy atom. The van der Waals surface area contributed by atoms with E-state index in [4.69, 9.17) is 9.72 Å². The van der Waals surface area contributed by atoms with Gasteiger partial charge in [0.25, 0.3) is 0 Å². The smallest absolute Gasteiger partial charge is 0.322 e. The summed E-state index contributed by atoms with van der Waals surface area (Å²) in [5, 5.41) is 2.93. The fraction of sp³-hybridized carbons (Fsp3) is 0.320. The predicted molar refractivity (Wildman–Crippen MR) is 127 cm³/mol. The van der Waals surface area contributed by atoms with Crippen molar-refractivity contribution in [2.75, 3.05) is 43.5 Å². The van der Waals surface area contributed by atoms with Gasteiger partial charge in [-0.1, -0.05) is 30.3 Å². The quantitative estimate of drug-likeness (QED) is 0.633. The topological polar surface area (TPSA) is 70.6 Å². The van der Waals surface area contributed by atoms with Gasteiger partial charge < -0.3 is 19.9 Å². The van der Waals surface area contributed by atoms with E-state index >= 15 is 0 Å². The van der Waals surface area contributed by atoms with Crippen LogP contribution in [0.25, 0.3) is 0 Å². The van der Waals surface area contributed by atoms with E-state index in [0.717, 1.165) is 17.1 Å². The lowest BCUT2D eigenvalue weighted by molar-refractivity contribution is 0.208. The maximum atomic E-state index is 14.3. The summed E-state index contributed by atoms with van der Waals surface area (Å²) < 4.78 is 19.6. The van der Waals surface area contributed by atoms with Gasteiger partial charge in [-0.05, 0) is 37.6 Å². The number of nitrogens with one attached hydrogen (secondary N) is 1. The third-order valence-electron chi connectivity index (χ3n) is 5.84. The van der Waals surface area contributed by atoms with Gasteiger partial charge in [-0.25, -0.2) is 19.2 Å². The van der Waals surface area contributed by atoms with Crippen molar-refractivity contribution in [2.24, 2.45) is 0 Å². The Balaban J connectivity index is 1.48. The standard InChI is InChI=1S/C25H28FN5O2/c1-17-20(16-19-8-4-5-9-21(19)26)24(28-18(2)27-17)30-12-14-31(15-13-30)25(32)29-22-10-6-7-11-23(22)33-3/h4-11H,12-16H2,1-3H3,(H,29,32). The van der Waals surface area contributed by atoms with Crippen molar-refractivity contribution in [3.8, 4) is 5.75 Å². The molecule has 7 nitrogen and oxygen atoms in total. The van der Waals surface area contributed by atoms with Crippen molar-refractivity contribution in [3.63, 3.8) is 0 Å². The molecule has 3 aromatic rings. The fourth-order valence-electron chi connectivity index (χ4n) is 4.08. The number of benzene rings is 2. The molecule has 2 aromatic carbocycles. The molecule has 1 N–H and O–H groups in total. The molecule has 0 atom stereocenters. The first-order chi connectivity index (χ1) is 16.0. The summed E-state index contributed by atoms with van der Waals surface area (Å²) in [6.45, 7) is 6.13. The van der Waals surface area contributed by atoms with Crippen LogP contribution >= 0.6 is 0 Å². The van der Waals surface area contributed by atoms with E-state index in [2.05, 4.69) is 15.2 Å². The number of urea groups is 1. The number of nitrogens with zero attached hydrogens (tertiary/aromatic N) is 4. The Hall–Kier alpha value is -3.68. The molecule has 1 fully saturated rings. The molecule has 1 saturated heterocycles. The number of hydrogen-bond acceptors (Lipinski definition) is 5. The number of ether oxygens (including phenoxy) is 1. The number of piperazine rings is 1. The largest absolute Gasteiger partial charge is 0.495 e. The molecule has 0 radical (unpaired) electrons. The van der Waals surface area contributed by atoms with Gasteiger partial charge >= 0.3 is 6.03 Å². The van der Waals surface area contributed by atoms with Gasteiger partial charge in [0.05, 0.1) is 12.8 Å². The number of rotatable bonds is 5. The zero-order valence-electron chi connectivity index (χ0n) is 19.1. The third kappa shape index (κ3) is 5.05.